The number of hydrogen-bond acceptors (Lipinski definition) is 5. The van der Waals surface area contributed by atoms with Gasteiger partial charge in [-0.25, -0.2) is 4.99 Å². The third-order valence-corrected chi connectivity index (χ3v) is 8.23. The quantitative estimate of drug-likeness (QED) is 0.731. The minimum atomic E-state index is -0.208. The second-order valence-corrected chi connectivity index (χ2v) is 10.3. The number of imide groups is 1. The number of benzene rings is 1. The van der Waals surface area contributed by atoms with Crippen LogP contribution in [0.3, 0.4) is 0 Å². The normalized spacial score (nSPS) is 39.7. The largest absolute Gasteiger partial charge is 0.467 e. The van der Waals surface area contributed by atoms with Crippen molar-refractivity contribution in [1.82, 2.24) is 4.90 Å². The van der Waals surface area contributed by atoms with Gasteiger partial charge in [0.2, 0.25) is 5.23 Å². The summed E-state index contributed by atoms with van der Waals surface area (Å²) >= 11 is 1.65. The summed E-state index contributed by atoms with van der Waals surface area (Å²) < 4.78 is 6.12. The number of fused-ring (bicyclic) bond motifs is 1. The molecule has 146 valence electrons. The van der Waals surface area contributed by atoms with Gasteiger partial charge in [0.15, 0.2) is 0 Å². The van der Waals surface area contributed by atoms with Crippen LogP contribution in [0.25, 0.3) is 0 Å². The standard InChI is InChI=1S/C22H24N2O3S/c25-19-17-3-1-2-4-18(17)20(26)24(19)11-16-12-28-21(27-16)23-22-8-13-5-14(9-22)7-15(6-13)10-22/h1-4,13-16H,5-12H2/t13?,14?,15?,16-,22?/m0/s1. The highest BCUT2D eigenvalue weighted by atomic mass is 32.2. The van der Waals surface area contributed by atoms with Crippen LogP contribution in [-0.2, 0) is 4.74 Å². The fourth-order valence-corrected chi connectivity index (χ4v) is 7.49. The summed E-state index contributed by atoms with van der Waals surface area (Å²) in [5.74, 6) is 2.91. The van der Waals surface area contributed by atoms with E-state index in [0.29, 0.717) is 17.7 Å². The summed E-state index contributed by atoms with van der Waals surface area (Å²) in [7, 11) is 0. The van der Waals surface area contributed by atoms with Crippen molar-refractivity contribution in [3.63, 3.8) is 0 Å². The van der Waals surface area contributed by atoms with Crippen molar-refractivity contribution in [3.8, 4) is 0 Å². The van der Waals surface area contributed by atoms with Crippen LogP contribution < -0.4 is 0 Å². The van der Waals surface area contributed by atoms with E-state index in [0.717, 1.165) is 28.7 Å². The molecule has 2 heterocycles. The molecule has 5 nitrogen and oxygen atoms in total. The molecule has 0 spiro atoms. The fourth-order valence-electron chi connectivity index (χ4n) is 6.53. The van der Waals surface area contributed by atoms with Crippen molar-refractivity contribution in [2.24, 2.45) is 22.7 Å². The van der Waals surface area contributed by atoms with E-state index in [1.54, 1.807) is 36.0 Å². The van der Waals surface area contributed by atoms with Crippen LogP contribution in [0.5, 0.6) is 0 Å². The van der Waals surface area contributed by atoms with Crippen molar-refractivity contribution >= 4 is 28.8 Å². The maximum Gasteiger partial charge on any atom is 0.261 e. The van der Waals surface area contributed by atoms with Crippen molar-refractivity contribution in [3.05, 3.63) is 35.4 Å². The Hall–Kier alpha value is -1.82. The molecule has 5 fully saturated rings. The molecule has 0 radical (unpaired) electrons. The molecule has 6 aliphatic rings. The first-order valence-electron chi connectivity index (χ1n) is 10.4. The van der Waals surface area contributed by atoms with Crippen LogP contribution in [0.15, 0.2) is 29.3 Å². The van der Waals surface area contributed by atoms with E-state index in [1.807, 2.05) is 0 Å². The molecular weight excluding hydrogens is 372 g/mol. The maximum atomic E-state index is 12.6. The van der Waals surface area contributed by atoms with Gasteiger partial charge in [-0.2, -0.15) is 0 Å². The SMILES string of the molecule is O=C1c2ccccc2C(=O)N1C[C@H]1CSC(=NC23CC4CC(CC(C4)C2)C3)O1. The number of amides is 2. The summed E-state index contributed by atoms with van der Waals surface area (Å²) in [5.41, 5.74) is 1.10. The number of aliphatic imine (C=N–C) groups is 1. The van der Waals surface area contributed by atoms with Gasteiger partial charge < -0.3 is 4.74 Å². The van der Waals surface area contributed by atoms with E-state index >= 15 is 0 Å². The molecule has 0 unspecified atom stereocenters. The minimum Gasteiger partial charge on any atom is -0.467 e. The van der Waals surface area contributed by atoms with E-state index in [9.17, 15) is 9.59 Å². The second kappa shape index (κ2) is 6.09. The molecule has 2 amide bonds. The van der Waals surface area contributed by atoms with Crippen LogP contribution in [0.4, 0.5) is 0 Å². The molecule has 1 atom stereocenters. The third kappa shape index (κ3) is 2.64. The molecule has 4 aliphatic carbocycles. The number of nitrogens with zero attached hydrogens (tertiary/aromatic N) is 2. The molecule has 2 aliphatic heterocycles. The number of ether oxygens (including phenoxy) is 1. The summed E-state index contributed by atoms with van der Waals surface area (Å²) in [6.45, 7) is 0.305. The Morgan fingerprint density at radius 3 is 2.14 bits per heavy atom. The first-order chi connectivity index (χ1) is 13.6. The zero-order valence-corrected chi connectivity index (χ0v) is 16.6. The van der Waals surface area contributed by atoms with Gasteiger partial charge in [0.05, 0.1) is 23.2 Å². The molecule has 28 heavy (non-hydrogen) atoms. The Bertz CT molecular complexity index is 825. The Morgan fingerprint density at radius 1 is 1.00 bits per heavy atom. The van der Waals surface area contributed by atoms with E-state index in [-0.39, 0.29) is 23.5 Å². The summed E-state index contributed by atoms with van der Waals surface area (Å²) in [5, 5.41) is 0.781. The number of carbonyl (C=O) groups excluding carboxylic acids is 2. The Morgan fingerprint density at radius 2 is 1.57 bits per heavy atom. The number of thioether (sulfide) groups is 1. The maximum absolute atomic E-state index is 12.6. The zero-order valence-electron chi connectivity index (χ0n) is 15.8. The van der Waals surface area contributed by atoms with Crippen molar-refractivity contribution in [2.45, 2.75) is 50.2 Å². The number of carbonyl (C=O) groups is 2. The molecule has 6 heteroatoms. The van der Waals surface area contributed by atoms with Crippen LogP contribution in [0.2, 0.25) is 0 Å². The minimum absolute atomic E-state index is 0.0987. The van der Waals surface area contributed by atoms with Crippen LogP contribution >= 0.6 is 11.8 Å². The molecule has 1 aromatic carbocycles. The molecular formula is C22H24N2O3S. The van der Waals surface area contributed by atoms with Crippen molar-refractivity contribution < 1.29 is 14.3 Å². The Balaban J connectivity index is 1.16. The van der Waals surface area contributed by atoms with E-state index in [4.69, 9.17) is 9.73 Å². The average molecular weight is 397 g/mol. The third-order valence-electron chi connectivity index (χ3n) is 7.26. The van der Waals surface area contributed by atoms with Gasteiger partial charge >= 0.3 is 0 Å². The number of rotatable bonds is 3. The fraction of sp³-hybridized carbons (Fsp3) is 0.591. The highest BCUT2D eigenvalue weighted by Gasteiger charge is 2.51. The lowest BCUT2D eigenvalue weighted by molar-refractivity contribution is 0.000443. The average Bonchev–Trinajstić information content (AvgIpc) is 3.19. The first-order valence-corrected chi connectivity index (χ1v) is 11.4. The van der Waals surface area contributed by atoms with Gasteiger partial charge in [-0.15, -0.1) is 0 Å². The molecule has 4 bridgehead atoms. The van der Waals surface area contributed by atoms with Gasteiger partial charge in [-0.05, 0) is 68.4 Å². The molecule has 1 aromatic rings. The lowest BCUT2D eigenvalue weighted by Gasteiger charge is -2.54. The summed E-state index contributed by atoms with van der Waals surface area (Å²) in [6, 6.07) is 7.04. The van der Waals surface area contributed by atoms with Gasteiger partial charge in [-0.1, -0.05) is 23.9 Å². The van der Waals surface area contributed by atoms with Gasteiger partial charge in [0.25, 0.3) is 11.8 Å². The predicted molar refractivity (Wildman–Crippen MR) is 107 cm³/mol. The van der Waals surface area contributed by atoms with Gasteiger partial charge in [0, 0.05) is 5.75 Å². The topological polar surface area (TPSA) is 59.0 Å². The van der Waals surface area contributed by atoms with E-state index < -0.39 is 0 Å². The van der Waals surface area contributed by atoms with Crippen LogP contribution in [-0.4, -0.2) is 45.9 Å². The van der Waals surface area contributed by atoms with Crippen LogP contribution in [0, 0.1) is 17.8 Å². The lowest BCUT2D eigenvalue weighted by atomic mass is 9.53. The molecule has 1 saturated heterocycles. The van der Waals surface area contributed by atoms with Crippen molar-refractivity contribution in [1.29, 1.82) is 0 Å². The molecule has 4 saturated carbocycles. The van der Waals surface area contributed by atoms with Crippen LogP contribution in [0.1, 0.15) is 59.2 Å². The highest BCUT2D eigenvalue weighted by molar-refractivity contribution is 8.13. The Kier molecular flexibility index (Phi) is 3.71. The monoisotopic (exact) mass is 396 g/mol. The molecule has 7 rings (SSSR count). The van der Waals surface area contributed by atoms with E-state index in [2.05, 4.69) is 0 Å². The molecule has 0 N–H and O–H groups in total. The van der Waals surface area contributed by atoms with E-state index in [1.165, 1.54) is 43.4 Å². The van der Waals surface area contributed by atoms with Crippen molar-refractivity contribution in [2.75, 3.05) is 12.3 Å². The smallest absolute Gasteiger partial charge is 0.261 e. The summed E-state index contributed by atoms with van der Waals surface area (Å²) in [4.78, 5) is 31.7. The number of hydrogen-bond donors (Lipinski definition) is 0. The zero-order chi connectivity index (χ0) is 18.9. The van der Waals surface area contributed by atoms with Gasteiger partial charge in [0.1, 0.15) is 6.10 Å². The Labute approximate surface area is 168 Å². The first kappa shape index (κ1) is 17.1. The highest BCUT2D eigenvalue weighted by Crippen LogP contribution is 2.57. The lowest BCUT2D eigenvalue weighted by Crippen LogP contribution is -2.49. The predicted octanol–water partition coefficient (Wildman–Crippen LogP) is 3.74. The second-order valence-electron chi connectivity index (χ2n) is 9.34. The summed E-state index contributed by atoms with van der Waals surface area (Å²) in [6.07, 6.45) is 7.70. The van der Waals surface area contributed by atoms with Gasteiger partial charge in [-0.3, -0.25) is 14.5 Å². The molecule has 0 aromatic heterocycles.